The van der Waals surface area contributed by atoms with Crippen molar-refractivity contribution in [1.82, 2.24) is 0 Å². The van der Waals surface area contributed by atoms with Gasteiger partial charge in [-0.3, -0.25) is 0 Å². The second-order valence-electron chi connectivity index (χ2n) is 7.47. The summed E-state index contributed by atoms with van der Waals surface area (Å²) >= 11 is 7.57. The van der Waals surface area contributed by atoms with Gasteiger partial charge in [0.15, 0.2) is 0 Å². The first-order valence-electron chi connectivity index (χ1n) is 7.54. The largest absolute Gasteiger partial charge is 0.524 e. The zero-order valence-corrected chi connectivity index (χ0v) is 15.1. The van der Waals surface area contributed by atoms with Crippen LogP contribution in [0.25, 0.3) is 0 Å². The molecule has 1 aliphatic carbocycles. The average molecular weight is 343 g/mol. The van der Waals surface area contributed by atoms with Gasteiger partial charge in [0.05, 0.1) is 15.5 Å². The second kappa shape index (κ2) is 5.07. The minimum Gasteiger partial charge on any atom is -0.398 e. The SMILES string of the molecule is CC1(c2ccc(Cl)s2)CC1C=C(F)B1OC(C)(C)C(C)(C)O1. The minimum absolute atomic E-state index is 0.0151. The molecule has 1 aromatic heterocycles. The lowest BCUT2D eigenvalue weighted by atomic mass is 9.86. The fourth-order valence-corrected chi connectivity index (χ4v) is 4.03. The molecule has 2 fully saturated rings. The zero-order chi connectivity index (χ0) is 16.3. The maximum Gasteiger partial charge on any atom is 0.524 e. The Balaban J connectivity index is 1.72. The van der Waals surface area contributed by atoms with Crippen LogP contribution < -0.4 is 0 Å². The van der Waals surface area contributed by atoms with Gasteiger partial charge >= 0.3 is 7.12 Å². The van der Waals surface area contributed by atoms with Crippen molar-refractivity contribution in [3.8, 4) is 0 Å². The molecule has 2 nitrogen and oxygen atoms in total. The molecule has 0 N–H and O–H groups in total. The summed E-state index contributed by atoms with van der Waals surface area (Å²) in [4.78, 5) is 1.21. The summed E-state index contributed by atoms with van der Waals surface area (Å²) in [5.41, 5.74) is -1.37. The molecule has 2 aliphatic rings. The van der Waals surface area contributed by atoms with Crippen molar-refractivity contribution in [2.45, 2.75) is 57.7 Å². The van der Waals surface area contributed by atoms with Crippen molar-refractivity contribution in [3.63, 3.8) is 0 Å². The molecule has 0 radical (unpaired) electrons. The molecule has 120 valence electrons. The molecule has 1 aromatic rings. The van der Waals surface area contributed by atoms with Crippen LogP contribution in [0.3, 0.4) is 0 Å². The molecule has 1 saturated heterocycles. The van der Waals surface area contributed by atoms with Gasteiger partial charge in [0, 0.05) is 10.3 Å². The molecule has 2 unspecified atom stereocenters. The predicted octanol–water partition coefficient (Wildman–Crippen LogP) is 5.16. The molecule has 1 aliphatic heterocycles. The lowest BCUT2D eigenvalue weighted by molar-refractivity contribution is 0.00578. The van der Waals surface area contributed by atoms with E-state index in [4.69, 9.17) is 20.9 Å². The van der Waals surface area contributed by atoms with Gasteiger partial charge in [0.25, 0.3) is 0 Å². The van der Waals surface area contributed by atoms with Crippen LogP contribution in [0.4, 0.5) is 4.39 Å². The Kier molecular flexibility index (Phi) is 3.80. The van der Waals surface area contributed by atoms with Crippen molar-refractivity contribution in [1.29, 1.82) is 0 Å². The quantitative estimate of drug-likeness (QED) is 0.706. The number of thiophene rings is 1. The van der Waals surface area contributed by atoms with Crippen molar-refractivity contribution in [3.05, 3.63) is 33.1 Å². The maximum absolute atomic E-state index is 14.5. The Morgan fingerprint density at radius 2 is 1.86 bits per heavy atom. The molecule has 0 bridgehead atoms. The van der Waals surface area contributed by atoms with Crippen LogP contribution in [0.15, 0.2) is 23.9 Å². The number of halogens is 2. The van der Waals surface area contributed by atoms with Crippen molar-refractivity contribution < 1.29 is 13.7 Å². The van der Waals surface area contributed by atoms with E-state index in [1.54, 1.807) is 17.4 Å². The molecule has 22 heavy (non-hydrogen) atoms. The Hall–Kier alpha value is -0.355. The van der Waals surface area contributed by atoms with E-state index in [-0.39, 0.29) is 17.1 Å². The summed E-state index contributed by atoms with van der Waals surface area (Å²) in [6.07, 6.45) is 2.59. The van der Waals surface area contributed by atoms with Gasteiger partial charge in [-0.05, 0) is 52.2 Å². The van der Waals surface area contributed by atoms with Gasteiger partial charge < -0.3 is 9.31 Å². The number of hydrogen-bond acceptors (Lipinski definition) is 3. The highest BCUT2D eigenvalue weighted by molar-refractivity contribution is 7.16. The van der Waals surface area contributed by atoms with Gasteiger partial charge in [-0.2, -0.15) is 0 Å². The van der Waals surface area contributed by atoms with E-state index in [2.05, 4.69) is 6.92 Å². The van der Waals surface area contributed by atoms with E-state index in [1.165, 1.54) is 4.88 Å². The highest BCUT2D eigenvalue weighted by Gasteiger charge is 2.55. The lowest BCUT2D eigenvalue weighted by Gasteiger charge is -2.32. The molecule has 0 aromatic carbocycles. The van der Waals surface area contributed by atoms with Gasteiger partial charge in [0.1, 0.15) is 5.73 Å². The van der Waals surface area contributed by atoms with Crippen LogP contribution in [-0.4, -0.2) is 18.3 Å². The molecule has 2 atom stereocenters. The first-order valence-corrected chi connectivity index (χ1v) is 8.73. The van der Waals surface area contributed by atoms with Gasteiger partial charge in [0.2, 0.25) is 0 Å². The first kappa shape index (κ1) is 16.5. The van der Waals surface area contributed by atoms with E-state index < -0.39 is 18.3 Å². The smallest absolute Gasteiger partial charge is 0.398 e. The molecule has 2 heterocycles. The molecule has 1 saturated carbocycles. The summed E-state index contributed by atoms with van der Waals surface area (Å²) < 4.78 is 26.8. The average Bonchev–Trinajstić information content (AvgIpc) is 2.75. The van der Waals surface area contributed by atoms with Gasteiger partial charge in [-0.1, -0.05) is 24.6 Å². The summed E-state index contributed by atoms with van der Waals surface area (Å²) in [6, 6.07) is 3.93. The fraction of sp³-hybridized carbons (Fsp3) is 0.625. The van der Waals surface area contributed by atoms with E-state index in [0.717, 1.165) is 10.8 Å². The normalized spacial score (nSPS) is 33.3. The van der Waals surface area contributed by atoms with Crippen LogP contribution >= 0.6 is 22.9 Å². The topological polar surface area (TPSA) is 18.5 Å². The first-order chi connectivity index (χ1) is 10.1. The van der Waals surface area contributed by atoms with Crippen molar-refractivity contribution >= 4 is 30.1 Å². The predicted molar refractivity (Wildman–Crippen MR) is 90.1 cm³/mol. The second-order valence-corrected chi connectivity index (χ2v) is 9.19. The Morgan fingerprint density at radius 1 is 1.27 bits per heavy atom. The lowest BCUT2D eigenvalue weighted by Crippen LogP contribution is -2.41. The number of rotatable bonds is 3. The third-order valence-electron chi connectivity index (χ3n) is 5.28. The van der Waals surface area contributed by atoms with Crippen LogP contribution in [0.5, 0.6) is 0 Å². The van der Waals surface area contributed by atoms with Crippen molar-refractivity contribution in [2.75, 3.05) is 0 Å². The molecule has 3 rings (SSSR count). The summed E-state index contributed by atoms with van der Waals surface area (Å²) in [7, 11) is -0.901. The van der Waals surface area contributed by atoms with Gasteiger partial charge in [-0.15, -0.1) is 11.3 Å². The Morgan fingerprint density at radius 3 is 2.36 bits per heavy atom. The monoisotopic (exact) mass is 342 g/mol. The van der Waals surface area contributed by atoms with E-state index >= 15 is 0 Å². The highest BCUT2D eigenvalue weighted by atomic mass is 35.5. The van der Waals surface area contributed by atoms with Crippen LogP contribution in [-0.2, 0) is 14.7 Å². The van der Waals surface area contributed by atoms with Crippen LogP contribution in [0, 0.1) is 5.92 Å². The van der Waals surface area contributed by atoms with Gasteiger partial charge in [-0.25, -0.2) is 4.39 Å². The number of hydrogen-bond donors (Lipinski definition) is 0. The fourth-order valence-electron chi connectivity index (χ4n) is 2.77. The van der Waals surface area contributed by atoms with Crippen LogP contribution in [0.2, 0.25) is 4.34 Å². The van der Waals surface area contributed by atoms with Crippen molar-refractivity contribution in [2.24, 2.45) is 5.92 Å². The molecular formula is C16H21BClFO2S. The molecular weight excluding hydrogens is 322 g/mol. The highest BCUT2D eigenvalue weighted by Crippen LogP contribution is 2.57. The third-order valence-corrected chi connectivity index (χ3v) is 6.79. The summed E-state index contributed by atoms with van der Waals surface area (Å²) in [5, 5.41) is 0. The maximum atomic E-state index is 14.5. The van der Waals surface area contributed by atoms with E-state index in [1.807, 2.05) is 39.8 Å². The minimum atomic E-state index is -0.901. The van der Waals surface area contributed by atoms with E-state index in [9.17, 15) is 4.39 Å². The summed E-state index contributed by atoms with van der Waals surface area (Å²) in [5.74, 6) is 0.168. The Labute approximate surface area is 140 Å². The van der Waals surface area contributed by atoms with E-state index in [0.29, 0.717) is 0 Å². The standard InChI is InChI=1S/C16H21BClFO2S/c1-14(2)15(3,4)21-17(20-14)12(19)8-10-9-16(10,5)11-6-7-13(18)22-11/h6-8,10H,9H2,1-5H3. The molecule has 0 spiro atoms. The summed E-state index contributed by atoms with van der Waals surface area (Å²) in [6.45, 7) is 9.85. The number of allylic oxidation sites excluding steroid dienone is 1. The third kappa shape index (κ3) is 2.66. The molecule has 0 amide bonds. The molecule has 6 heteroatoms. The zero-order valence-electron chi connectivity index (χ0n) is 13.6. The van der Waals surface area contributed by atoms with Crippen LogP contribution in [0.1, 0.15) is 45.9 Å². The Bertz CT molecular complexity index is 611.